The van der Waals surface area contributed by atoms with Crippen LogP contribution >= 0.6 is 12.2 Å². The maximum atomic E-state index is 12.1. The van der Waals surface area contributed by atoms with Crippen LogP contribution < -0.4 is 20.9 Å². The Morgan fingerprint density at radius 3 is 2.08 bits per heavy atom. The second kappa shape index (κ2) is 8.79. The van der Waals surface area contributed by atoms with Crippen molar-refractivity contribution in [2.45, 2.75) is 20.0 Å². The minimum absolute atomic E-state index is 0.00297. The van der Waals surface area contributed by atoms with E-state index < -0.39 is 0 Å². The van der Waals surface area contributed by atoms with E-state index in [-0.39, 0.29) is 23.0 Å². The first kappa shape index (κ1) is 18.4. The van der Waals surface area contributed by atoms with Gasteiger partial charge in [-0.15, -0.1) is 0 Å². The third kappa shape index (κ3) is 5.89. The Morgan fingerprint density at radius 1 is 0.880 bits per heavy atom. The fraction of sp³-hybridized carbons (Fsp3) is 0.167. The number of hydrogen-bond donors (Lipinski definition) is 3. The Bertz CT molecular complexity index is 746. The molecule has 25 heavy (non-hydrogen) atoms. The molecule has 0 aliphatic rings. The van der Waals surface area contributed by atoms with Gasteiger partial charge < -0.3 is 4.74 Å². The molecule has 2 amide bonds. The molecule has 0 saturated heterocycles. The number of carbonyl (C=O) groups is 2. The second-order valence-electron chi connectivity index (χ2n) is 5.42. The van der Waals surface area contributed by atoms with E-state index in [2.05, 4.69) is 16.2 Å². The van der Waals surface area contributed by atoms with Crippen LogP contribution in [0.1, 0.15) is 34.6 Å². The van der Waals surface area contributed by atoms with Crippen molar-refractivity contribution in [3.63, 3.8) is 0 Å². The molecular formula is C18H19N3O3S. The van der Waals surface area contributed by atoms with Crippen LogP contribution in [0, 0.1) is 0 Å². The summed E-state index contributed by atoms with van der Waals surface area (Å²) in [5.41, 5.74) is 5.82. The number of hydrazine groups is 1. The molecular weight excluding hydrogens is 338 g/mol. The number of benzene rings is 2. The van der Waals surface area contributed by atoms with Gasteiger partial charge in [-0.1, -0.05) is 18.2 Å². The summed E-state index contributed by atoms with van der Waals surface area (Å²) in [7, 11) is 0. The van der Waals surface area contributed by atoms with Crippen LogP contribution in [0.15, 0.2) is 54.6 Å². The molecule has 0 atom stereocenters. The molecule has 0 spiro atoms. The molecule has 0 radical (unpaired) electrons. The largest absolute Gasteiger partial charge is 0.491 e. The number of hydrogen-bond acceptors (Lipinski definition) is 4. The molecule has 0 fully saturated rings. The Hall–Kier alpha value is -2.93. The van der Waals surface area contributed by atoms with Crippen LogP contribution in [0.3, 0.4) is 0 Å². The van der Waals surface area contributed by atoms with Gasteiger partial charge in [0.1, 0.15) is 5.75 Å². The van der Waals surface area contributed by atoms with Gasteiger partial charge in [0.15, 0.2) is 5.11 Å². The number of thiocarbonyl (C=S) groups is 1. The summed E-state index contributed by atoms with van der Waals surface area (Å²) in [4.78, 5) is 24.0. The van der Waals surface area contributed by atoms with Gasteiger partial charge in [0.05, 0.1) is 6.10 Å². The van der Waals surface area contributed by atoms with Gasteiger partial charge in [0.25, 0.3) is 11.8 Å². The standard InChI is InChI=1S/C18H19N3O3S/c1-12(2)24-15-10-8-14(9-11-15)16(22)19-18(25)21-20-17(23)13-6-4-3-5-7-13/h3-12H,1-2H3,(H,20,23)(H2,19,21,22,25). The maximum absolute atomic E-state index is 12.1. The summed E-state index contributed by atoms with van der Waals surface area (Å²) < 4.78 is 5.52. The molecule has 7 heteroatoms. The van der Waals surface area contributed by atoms with Gasteiger partial charge in [-0.05, 0) is 62.5 Å². The number of amides is 2. The molecule has 2 rings (SSSR count). The summed E-state index contributed by atoms with van der Waals surface area (Å²) in [6.07, 6.45) is 0.0599. The first-order valence-corrected chi connectivity index (χ1v) is 8.10. The third-order valence-electron chi connectivity index (χ3n) is 3.04. The molecule has 2 aromatic rings. The molecule has 6 nitrogen and oxygen atoms in total. The third-order valence-corrected chi connectivity index (χ3v) is 3.25. The van der Waals surface area contributed by atoms with Crippen molar-refractivity contribution in [1.29, 1.82) is 0 Å². The number of rotatable bonds is 4. The lowest BCUT2D eigenvalue weighted by Gasteiger charge is -2.12. The number of ether oxygens (including phenoxy) is 1. The van der Waals surface area contributed by atoms with Gasteiger partial charge >= 0.3 is 0 Å². The van der Waals surface area contributed by atoms with Crippen molar-refractivity contribution in [2.24, 2.45) is 0 Å². The molecule has 130 valence electrons. The quantitative estimate of drug-likeness (QED) is 0.578. The van der Waals surface area contributed by atoms with Gasteiger partial charge in [-0.25, -0.2) is 0 Å². The monoisotopic (exact) mass is 357 g/mol. The molecule has 0 aromatic heterocycles. The Balaban J connectivity index is 1.83. The number of nitrogens with one attached hydrogen (secondary N) is 3. The van der Waals surface area contributed by atoms with Crippen LogP contribution in [0.25, 0.3) is 0 Å². The summed E-state index contributed by atoms with van der Waals surface area (Å²) >= 11 is 5.00. The number of carbonyl (C=O) groups excluding carboxylic acids is 2. The first-order valence-electron chi connectivity index (χ1n) is 7.69. The fourth-order valence-corrected chi connectivity index (χ4v) is 2.08. The van der Waals surface area contributed by atoms with Crippen LogP contribution in [0.5, 0.6) is 5.75 Å². The minimum Gasteiger partial charge on any atom is -0.491 e. The van der Waals surface area contributed by atoms with Crippen molar-refractivity contribution in [2.75, 3.05) is 0 Å². The normalized spacial score (nSPS) is 10.0. The van der Waals surface area contributed by atoms with Crippen molar-refractivity contribution in [3.8, 4) is 5.75 Å². The fourth-order valence-electron chi connectivity index (χ4n) is 1.94. The lowest BCUT2D eigenvalue weighted by Crippen LogP contribution is -2.48. The summed E-state index contributed by atoms with van der Waals surface area (Å²) in [6, 6.07) is 15.3. The predicted molar refractivity (Wildman–Crippen MR) is 99.3 cm³/mol. The first-order chi connectivity index (χ1) is 12.0. The van der Waals surface area contributed by atoms with Gasteiger partial charge in [-0.2, -0.15) is 0 Å². The predicted octanol–water partition coefficient (Wildman–Crippen LogP) is 2.42. The highest BCUT2D eigenvalue weighted by Crippen LogP contribution is 2.13. The zero-order valence-corrected chi connectivity index (χ0v) is 14.7. The average molecular weight is 357 g/mol. The molecule has 0 bridgehead atoms. The van der Waals surface area contributed by atoms with Crippen molar-refractivity contribution in [3.05, 3.63) is 65.7 Å². The zero-order valence-electron chi connectivity index (χ0n) is 13.9. The minimum atomic E-state index is -0.387. The van der Waals surface area contributed by atoms with Gasteiger partial charge in [0, 0.05) is 11.1 Å². The van der Waals surface area contributed by atoms with E-state index in [0.717, 1.165) is 0 Å². The zero-order chi connectivity index (χ0) is 18.2. The summed E-state index contributed by atoms with van der Waals surface area (Å²) in [6.45, 7) is 3.85. The lowest BCUT2D eigenvalue weighted by atomic mass is 10.2. The SMILES string of the molecule is CC(C)Oc1ccc(C(=O)NC(=S)NNC(=O)c2ccccc2)cc1. The van der Waals surface area contributed by atoms with E-state index in [0.29, 0.717) is 16.9 Å². The molecule has 2 aromatic carbocycles. The molecule has 0 saturated carbocycles. The molecule has 3 N–H and O–H groups in total. The van der Waals surface area contributed by atoms with Crippen molar-refractivity contribution >= 4 is 29.1 Å². The van der Waals surface area contributed by atoms with E-state index in [1.54, 1.807) is 48.5 Å². The van der Waals surface area contributed by atoms with Crippen LogP contribution in [0.2, 0.25) is 0 Å². The van der Waals surface area contributed by atoms with E-state index in [9.17, 15) is 9.59 Å². The Morgan fingerprint density at radius 2 is 1.48 bits per heavy atom. The van der Waals surface area contributed by atoms with Gasteiger partial charge in [0.2, 0.25) is 0 Å². The van der Waals surface area contributed by atoms with E-state index >= 15 is 0 Å². The maximum Gasteiger partial charge on any atom is 0.269 e. The second-order valence-corrected chi connectivity index (χ2v) is 5.83. The smallest absolute Gasteiger partial charge is 0.269 e. The molecule has 0 aliphatic carbocycles. The van der Waals surface area contributed by atoms with E-state index in [4.69, 9.17) is 17.0 Å². The highest BCUT2D eigenvalue weighted by atomic mass is 32.1. The topological polar surface area (TPSA) is 79.5 Å². The summed E-state index contributed by atoms with van der Waals surface area (Å²) in [5.74, 6) is -0.0580. The molecule has 0 heterocycles. The molecule has 0 aliphatic heterocycles. The highest BCUT2D eigenvalue weighted by Gasteiger charge is 2.10. The van der Waals surface area contributed by atoms with Crippen LogP contribution in [-0.2, 0) is 0 Å². The van der Waals surface area contributed by atoms with Crippen molar-refractivity contribution < 1.29 is 14.3 Å². The van der Waals surface area contributed by atoms with Crippen LogP contribution in [0.4, 0.5) is 0 Å². The highest BCUT2D eigenvalue weighted by molar-refractivity contribution is 7.80. The Labute approximate surface area is 151 Å². The van der Waals surface area contributed by atoms with E-state index in [1.165, 1.54) is 0 Å². The Kier molecular flexibility index (Phi) is 6.47. The average Bonchev–Trinajstić information content (AvgIpc) is 2.60. The summed E-state index contributed by atoms with van der Waals surface area (Å²) in [5, 5.41) is 2.49. The lowest BCUT2D eigenvalue weighted by molar-refractivity contribution is 0.0934. The van der Waals surface area contributed by atoms with Crippen LogP contribution in [-0.4, -0.2) is 23.0 Å². The van der Waals surface area contributed by atoms with Gasteiger partial charge in [-0.3, -0.25) is 25.8 Å². The van der Waals surface area contributed by atoms with Crippen molar-refractivity contribution in [1.82, 2.24) is 16.2 Å². The molecule has 0 unspecified atom stereocenters. The van der Waals surface area contributed by atoms with E-state index in [1.807, 2.05) is 19.9 Å².